The van der Waals surface area contributed by atoms with E-state index in [-0.39, 0.29) is 11.3 Å². The summed E-state index contributed by atoms with van der Waals surface area (Å²) in [4.78, 5) is 17.3. The number of rotatable bonds is 3. The highest BCUT2D eigenvalue weighted by Gasteiger charge is 2.20. The minimum atomic E-state index is -0.434. The smallest absolute Gasteiger partial charge is 0.193 e. The van der Waals surface area contributed by atoms with E-state index in [4.69, 9.17) is 0 Å². The zero-order chi connectivity index (χ0) is 16.5. The molecule has 1 aromatic heterocycles. The fraction of sp³-hybridized carbons (Fsp3) is 0. The molecule has 0 aliphatic carbocycles. The first-order valence-electron chi connectivity index (χ1n) is 7.48. The predicted octanol–water partition coefficient (Wildman–Crippen LogP) is 5.33. The predicted molar refractivity (Wildman–Crippen MR) is 94.9 cm³/mol. The van der Waals surface area contributed by atoms with Gasteiger partial charge in [-0.1, -0.05) is 54.6 Å². The molecular formula is C20H12FNOS. The van der Waals surface area contributed by atoms with Gasteiger partial charge in [-0.25, -0.2) is 9.37 Å². The van der Waals surface area contributed by atoms with Crippen molar-refractivity contribution in [3.8, 4) is 10.6 Å². The van der Waals surface area contributed by atoms with Crippen LogP contribution in [0.3, 0.4) is 0 Å². The third kappa shape index (κ3) is 2.51. The van der Waals surface area contributed by atoms with Crippen LogP contribution >= 0.6 is 11.3 Å². The van der Waals surface area contributed by atoms with E-state index in [1.54, 1.807) is 36.4 Å². The highest BCUT2D eigenvalue weighted by molar-refractivity contribution is 7.21. The van der Waals surface area contributed by atoms with Crippen LogP contribution in [-0.2, 0) is 0 Å². The molecule has 0 saturated carbocycles. The molecule has 0 fully saturated rings. The Morgan fingerprint density at radius 1 is 0.875 bits per heavy atom. The molecule has 0 aliphatic rings. The third-order valence-corrected chi connectivity index (χ3v) is 4.86. The van der Waals surface area contributed by atoms with Crippen molar-refractivity contribution in [2.75, 3.05) is 0 Å². The molecule has 0 unspecified atom stereocenters. The molecule has 24 heavy (non-hydrogen) atoms. The first kappa shape index (κ1) is 14.7. The van der Waals surface area contributed by atoms with Crippen LogP contribution in [0.15, 0.2) is 72.8 Å². The van der Waals surface area contributed by atoms with E-state index in [9.17, 15) is 9.18 Å². The summed E-state index contributed by atoms with van der Waals surface area (Å²) in [5.41, 5.74) is 1.94. The topological polar surface area (TPSA) is 30.0 Å². The van der Waals surface area contributed by atoms with Crippen LogP contribution in [0.1, 0.15) is 15.9 Å². The van der Waals surface area contributed by atoms with Gasteiger partial charge in [-0.05, 0) is 18.2 Å². The molecule has 0 amide bonds. The molecule has 0 saturated heterocycles. The lowest BCUT2D eigenvalue weighted by Crippen LogP contribution is -2.04. The lowest BCUT2D eigenvalue weighted by atomic mass is 9.98. The highest BCUT2D eigenvalue weighted by Crippen LogP contribution is 2.34. The number of ketones is 1. The maximum Gasteiger partial charge on any atom is 0.193 e. The van der Waals surface area contributed by atoms with Gasteiger partial charge >= 0.3 is 0 Å². The summed E-state index contributed by atoms with van der Waals surface area (Å²) in [6, 6.07) is 21.1. The van der Waals surface area contributed by atoms with Gasteiger partial charge in [-0.3, -0.25) is 4.79 Å². The number of thiazole rings is 1. The SMILES string of the molecule is O=C(c1ccccc1)c1cccc(F)c1-c1nc2ccccc2s1. The maximum atomic E-state index is 14.6. The van der Waals surface area contributed by atoms with Gasteiger partial charge in [0.05, 0.1) is 15.8 Å². The molecule has 0 atom stereocenters. The van der Waals surface area contributed by atoms with Gasteiger partial charge in [0, 0.05) is 11.1 Å². The first-order chi connectivity index (χ1) is 11.7. The van der Waals surface area contributed by atoms with Crippen LogP contribution in [0.5, 0.6) is 0 Å². The zero-order valence-corrected chi connectivity index (χ0v) is 13.4. The van der Waals surface area contributed by atoms with Crippen molar-refractivity contribution in [2.45, 2.75) is 0 Å². The Morgan fingerprint density at radius 2 is 1.62 bits per heavy atom. The normalized spacial score (nSPS) is 10.9. The minimum Gasteiger partial charge on any atom is -0.289 e. The van der Waals surface area contributed by atoms with Crippen LogP contribution in [-0.4, -0.2) is 10.8 Å². The van der Waals surface area contributed by atoms with Gasteiger partial charge in [-0.2, -0.15) is 0 Å². The number of benzene rings is 3. The molecule has 0 radical (unpaired) electrons. The van der Waals surface area contributed by atoms with Crippen LogP contribution < -0.4 is 0 Å². The van der Waals surface area contributed by atoms with Gasteiger partial charge in [-0.15, -0.1) is 11.3 Å². The van der Waals surface area contributed by atoms with Crippen molar-refractivity contribution in [1.29, 1.82) is 0 Å². The number of carbonyl (C=O) groups is 1. The van der Waals surface area contributed by atoms with Crippen molar-refractivity contribution in [2.24, 2.45) is 0 Å². The number of fused-ring (bicyclic) bond motifs is 1. The van der Waals surface area contributed by atoms with Gasteiger partial charge in [0.25, 0.3) is 0 Å². The first-order valence-corrected chi connectivity index (χ1v) is 8.30. The molecule has 4 rings (SSSR count). The van der Waals surface area contributed by atoms with Crippen molar-refractivity contribution in [1.82, 2.24) is 4.98 Å². The number of halogens is 1. The summed E-state index contributed by atoms with van der Waals surface area (Å²) in [6.45, 7) is 0. The molecule has 2 nitrogen and oxygen atoms in total. The van der Waals surface area contributed by atoms with E-state index in [2.05, 4.69) is 4.98 Å². The second kappa shape index (κ2) is 5.98. The van der Waals surface area contributed by atoms with Gasteiger partial charge in [0.2, 0.25) is 0 Å². The van der Waals surface area contributed by atoms with Crippen molar-refractivity contribution in [3.63, 3.8) is 0 Å². The Kier molecular flexibility index (Phi) is 3.67. The monoisotopic (exact) mass is 333 g/mol. The Bertz CT molecular complexity index is 1010. The quantitative estimate of drug-likeness (QED) is 0.474. The van der Waals surface area contributed by atoms with E-state index >= 15 is 0 Å². The molecular weight excluding hydrogens is 321 g/mol. The maximum absolute atomic E-state index is 14.6. The number of nitrogens with zero attached hydrogens (tertiary/aromatic N) is 1. The summed E-state index contributed by atoms with van der Waals surface area (Å²) < 4.78 is 15.5. The van der Waals surface area contributed by atoms with Crippen molar-refractivity contribution < 1.29 is 9.18 Å². The number of aromatic nitrogens is 1. The van der Waals surface area contributed by atoms with Crippen LogP contribution in [0, 0.1) is 5.82 Å². The minimum absolute atomic E-state index is 0.204. The number of carbonyl (C=O) groups excluding carboxylic acids is 1. The molecule has 4 heteroatoms. The molecule has 1 heterocycles. The van der Waals surface area contributed by atoms with E-state index in [0.717, 1.165) is 10.2 Å². The molecule has 0 spiro atoms. The molecule has 4 aromatic rings. The van der Waals surface area contributed by atoms with Crippen LogP contribution in [0.25, 0.3) is 20.8 Å². The Labute approximate surface area is 142 Å². The summed E-state index contributed by atoms with van der Waals surface area (Å²) in [7, 11) is 0. The molecule has 0 bridgehead atoms. The van der Waals surface area contributed by atoms with E-state index in [1.165, 1.54) is 17.4 Å². The largest absolute Gasteiger partial charge is 0.289 e. The second-order valence-electron chi connectivity index (χ2n) is 5.34. The molecule has 116 valence electrons. The standard InChI is InChI=1S/C20H12FNOS/c21-15-10-6-9-14(19(23)13-7-2-1-3-8-13)18(15)20-22-16-11-4-5-12-17(16)24-20/h1-12H. The molecule has 0 N–H and O–H groups in total. The Hall–Kier alpha value is -2.85. The van der Waals surface area contributed by atoms with Gasteiger partial charge in [0.1, 0.15) is 10.8 Å². The zero-order valence-electron chi connectivity index (χ0n) is 12.6. The van der Waals surface area contributed by atoms with Crippen molar-refractivity contribution in [3.05, 3.63) is 89.7 Å². The Balaban J connectivity index is 1.91. The molecule has 0 aliphatic heterocycles. The lowest BCUT2D eigenvalue weighted by Gasteiger charge is -2.07. The van der Waals surface area contributed by atoms with Gasteiger partial charge < -0.3 is 0 Å². The van der Waals surface area contributed by atoms with Crippen LogP contribution in [0.4, 0.5) is 4.39 Å². The summed E-state index contributed by atoms with van der Waals surface area (Å²) in [5.74, 6) is -0.639. The molecule has 3 aromatic carbocycles. The van der Waals surface area contributed by atoms with E-state index in [0.29, 0.717) is 16.1 Å². The van der Waals surface area contributed by atoms with Gasteiger partial charge in [0.15, 0.2) is 5.78 Å². The average Bonchev–Trinajstić information content (AvgIpc) is 3.05. The third-order valence-electron chi connectivity index (χ3n) is 3.80. The average molecular weight is 333 g/mol. The number of hydrogen-bond acceptors (Lipinski definition) is 3. The van der Waals surface area contributed by atoms with E-state index < -0.39 is 5.82 Å². The number of para-hydroxylation sites is 1. The Morgan fingerprint density at radius 3 is 2.42 bits per heavy atom. The van der Waals surface area contributed by atoms with Crippen LogP contribution in [0.2, 0.25) is 0 Å². The second-order valence-corrected chi connectivity index (χ2v) is 6.37. The van der Waals surface area contributed by atoms with E-state index in [1.807, 2.05) is 30.3 Å². The summed E-state index contributed by atoms with van der Waals surface area (Å²) in [6.07, 6.45) is 0. The van der Waals surface area contributed by atoms with Crippen molar-refractivity contribution >= 4 is 27.3 Å². The summed E-state index contributed by atoms with van der Waals surface area (Å²) >= 11 is 1.39. The number of hydrogen-bond donors (Lipinski definition) is 0. The fourth-order valence-corrected chi connectivity index (χ4v) is 3.68. The highest BCUT2D eigenvalue weighted by atomic mass is 32.1. The fourth-order valence-electron chi connectivity index (χ4n) is 2.65. The summed E-state index contributed by atoms with van der Waals surface area (Å²) in [5, 5.41) is 0.522. The lowest BCUT2D eigenvalue weighted by molar-refractivity contribution is 0.103.